The zero-order chi connectivity index (χ0) is 16.0. The van der Waals surface area contributed by atoms with Gasteiger partial charge in [-0.3, -0.25) is 19.4 Å². The molecule has 0 saturated carbocycles. The van der Waals surface area contributed by atoms with Gasteiger partial charge >= 0.3 is 11.9 Å². The van der Waals surface area contributed by atoms with Crippen LogP contribution < -0.4 is 9.47 Å². The number of aliphatic carboxylic acids is 1. The van der Waals surface area contributed by atoms with Gasteiger partial charge in [-0.05, 0) is 19.1 Å². The lowest BCUT2D eigenvalue weighted by molar-refractivity contribution is -0.135. The molecule has 0 fully saturated rings. The molecule has 0 bridgehead atoms. The number of esters is 1. The van der Waals surface area contributed by atoms with Crippen molar-refractivity contribution in [3.8, 4) is 11.5 Å². The molecule has 112 valence electrons. The van der Waals surface area contributed by atoms with Crippen molar-refractivity contribution in [1.29, 1.82) is 0 Å². The average molecular weight is 293 g/mol. The predicted molar refractivity (Wildman–Crippen MR) is 74.4 cm³/mol. The van der Waals surface area contributed by atoms with Crippen LogP contribution >= 0.6 is 0 Å². The molecule has 0 heterocycles. The molecule has 7 heteroatoms. The summed E-state index contributed by atoms with van der Waals surface area (Å²) in [6, 6.07) is 2.96. The van der Waals surface area contributed by atoms with Crippen LogP contribution in [0.5, 0.6) is 11.5 Å². The number of methoxy groups -OCH3 is 1. The number of carbonyl (C=O) groups excluding carboxylic acids is 2. The molecule has 1 rings (SSSR count). The molecule has 0 radical (unpaired) electrons. The van der Waals surface area contributed by atoms with E-state index in [0.717, 1.165) is 0 Å². The Kier molecular flexibility index (Phi) is 5.59. The lowest BCUT2D eigenvalue weighted by Crippen LogP contribution is -2.09. The molecule has 0 atom stereocenters. The fourth-order valence-corrected chi connectivity index (χ4v) is 1.70. The van der Waals surface area contributed by atoms with Crippen molar-refractivity contribution in [1.82, 2.24) is 0 Å². The number of carboxylic acid groups (broad SMARTS) is 1. The number of hydrogen-bond acceptors (Lipinski definition) is 6. The Balaban J connectivity index is 3.32. The Hall–Kier alpha value is -2.70. The third-order valence-electron chi connectivity index (χ3n) is 2.42. The fourth-order valence-electron chi connectivity index (χ4n) is 1.70. The number of ketones is 1. The summed E-state index contributed by atoms with van der Waals surface area (Å²) in [4.78, 5) is 37.0. The van der Waals surface area contributed by atoms with E-state index < -0.39 is 18.5 Å². The van der Waals surface area contributed by atoms with E-state index in [9.17, 15) is 14.4 Å². The minimum absolute atomic E-state index is 0.0854. The minimum atomic E-state index is -1.08. The van der Waals surface area contributed by atoms with Crippen molar-refractivity contribution in [2.45, 2.75) is 13.8 Å². The largest absolute Gasteiger partial charge is 0.495 e. The van der Waals surface area contributed by atoms with Crippen LogP contribution in [-0.4, -0.2) is 42.7 Å². The molecule has 0 aliphatic carbocycles. The first-order chi connectivity index (χ1) is 9.86. The quantitative estimate of drug-likeness (QED) is 0.367. The van der Waals surface area contributed by atoms with Crippen molar-refractivity contribution in [3.05, 3.63) is 23.3 Å². The van der Waals surface area contributed by atoms with E-state index in [1.54, 1.807) is 0 Å². The van der Waals surface area contributed by atoms with Gasteiger partial charge in [-0.15, -0.1) is 0 Å². The summed E-state index contributed by atoms with van der Waals surface area (Å²) < 4.78 is 10.1. The lowest BCUT2D eigenvalue weighted by atomic mass is 10.0. The molecule has 0 spiro atoms. The molecule has 7 nitrogen and oxygen atoms in total. The molecule has 1 aromatic rings. The summed E-state index contributed by atoms with van der Waals surface area (Å²) in [5.41, 5.74) is 0.520. The Morgan fingerprint density at radius 3 is 2.43 bits per heavy atom. The number of carbonyl (C=O) groups is 3. The van der Waals surface area contributed by atoms with Gasteiger partial charge in [0.25, 0.3) is 0 Å². The van der Waals surface area contributed by atoms with Crippen molar-refractivity contribution in [2.24, 2.45) is 4.99 Å². The standard InChI is InChI=1S/C14H15NO6/c1-8(16)13-11(21-9(2)17)5-4-10(14(13)20-3)6-15-7-12(18)19/h4-6H,7H2,1-3H3,(H,18,19). The SMILES string of the molecule is COc1c(C=NCC(=O)O)ccc(OC(C)=O)c1C(C)=O. The number of nitrogens with zero attached hydrogens (tertiary/aromatic N) is 1. The van der Waals surface area contributed by atoms with Crippen molar-refractivity contribution >= 4 is 23.9 Å². The van der Waals surface area contributed by atoms with Crippen molar-refractivity contribution < 1.29 is 29.0 Å². The Bertz CT molecular complexity index is 606. The van der Waals surface area contributed by atoms with E-state index in [-0.39, 0.29) is 22.8 Å². The molecule has 0 aliphatic rings. The highest BCUT2D eigenvalue weighted by Crippen LogP contribution is 2.32. The number of ether oxygens (including phenoxy) is 2. The summed E-state index contributed by atoms with van der Waals surface area (Å²) in [5, 5.41) is 8.55. The van der Waals surface area contributed by atoms with Gasteiger partial charge in [0.1, 0.15) is 23.6 Å². The molecule has 21 heavy (non-hydrogen) atoms. The van der Waals surface area contributed by atoms with Gasteiger partial charge < -0.3 is 14.6 Å². The summed E-state index contributed by atoms with van der Waals surface area (Å²) >= 11 is 0. The highest BCUT2D eigenvalue weighted by molar-refractivity contribution is 6.03. The number of hydrogen-bond donors (Lipinski definition) is 1. The third-order valence-corrected chi connectivity index (χ3v) is 2.42. The van der Waals surface area contributed by atoms with Crippen LogP contribution in [0.4, 0.5) is 0 Å². The average Bonchev–Trinajstić information content (AvgIpc) is 2.38. The zero-order valence-corrected chi connectivity index (χ0v) is 11.9. The molecule has 0 unspecified atom stereocenters. The van der Waals surface area contributed by atoms with E-state index >= 15 is 0 Å². The van der Waals surface area contributed by atoms with Crippen molar-refractivity contribution in [3.63, 3.8) is 0 Å². The van der Waals surface area contributed by atoms with Crippen LogP contribution in [0.1, 0.15) is 29.8 Å². The van der Waals surface area contributed by atoms with Gasteiger partial charge in [-0.1, -0.05) is 0 Å². The number of aliphatic imine (C=N–C) groups is 1. The maximum Gasteiger partial charge on any atom is 0.325 e. The summed E-state index contributed by atoms with van der Waals surface area (Å²) in [6.45, 7) is 2.13. The fraction of sp³-hybridized carbons (Fsp3) is 0.286. The molecule has 1 N–H and O–H groups in total. The normalized spacial score (nSPS) is 10.4. The van der Waals surface area contributed by atoms with Gasteiger partial charge in [0.15, 0.2) is 5.78 Å². The van der Waals surface area contributed by atoms with Gasteiger partial charge in [-0.2, -0.15) is 0 Å². The van der Waals surface area contributed by atoms with Crippen molar-refractivity contribution in [2.75, 3.05) is 13.7 Å². The summed E-state index contributed by atoms with van der Waals surface area (Å²) in [6.07, 6.45) is 1.29. The molecular weight excluding hydrogens is 278 g/mol. The second-order valence-electron chi connectivity index (χ2n) is 4.07. The van der Waals surface area contributed by atoms with E-state index in [2.05, 4.69) is 4.99 Å². The molecule has 1 aromatic carbocycles. The van der Waals surface area contributed by atoms with Crippen LogP contribution in [0.15, 0.2) is 17.1 Å². The molecule has 0 aliphatic heterocycles. The summed E-state index contributed by atoms with van der Waals surface area (Å²) in [5.74, 6) is -1.73. The highest BCUT2D eigenvalue weighted by atomic mass is 16.5. The molecule has 0 amide bonds. The van der Waals surface area contributed by atoms with Gasteiger partial charge in [-0.25, -0.2) is 0 Å². The van der Waals surface area contributed by atoms with Crippen LogP contribution in [0.25, 0.3) is 0 Å². The number of Topliss-reactive ketones (excluding diaryl/α,β-unsaturated/α-hetero) is 1. The molecule has 0 aromatic heterocycles. The van der Waals surface area contributed by atoms with Gasteiger partial charge in [0.05, 0.1) is 7.11 Å². The monoisotopic (exact) mass is 293 g/mol. The second-order valence-corrected chi connectivity index (χ2v) is 4.07. The first-order valence-electron chi connectivity index (χ1n) is 5.98. The smallest absolute Gasteiger partial charge is 0.325 e. The van der Waals surface area contributed by atoms with E-state index in [0.29, 0.717) is 5.56 Å². The van der Waals surface area contributed by atoms with Crippen LogP contribution in [0.3, 0.4) is 0 Å². The van der Waals surface area contributed by atoms with Gasteiger partial charge in [0.2, 0.25) is 0 Å². The highest BCUT2D eigenvalue weighted by Gasteiger charge is 2.19. The Labute approximate surface area is 121 Å². The maximum atomic E-state index is 11.8. The number of carboxylic acids is 1. The van der Waals surface area contributed by atoms with Gasteiger partial charge in [0, 0.05) is 18.7 Å². The first kappa shape index (κ1) is 16.4. The Morgan fingerprint density at radius 1 is 1.29 bits per heavy atom. The topological polar surface area (TPSA) is 102 Å². The predicted octanol–water partition coefficient (Wildman–Crippen LogP) is 1.33. The number of benzene rings is 1. The Morgan fingerprint density at radius 2 is 1.95 bits per heavy atom. The van der Waals surface area contributed by atoms with Crippen LogP contribution in [0.2, 0.25) is 0 Å². The summed E-state index contributed by atoms with van der Waals surface area (Å²) in [7, 11) is 1.36. The molecule has 0 saturated heterocycles. The minimum Gasteiger partial charge on any atom is -0.495 e. The number of rotatable bonds is 6. The van der Waals surface area contributed by atoms with Crippen LogP contribution in [0, 0.1) is 0 Å². The lowest BCUT2D eigenvalue weighted by Gasteiger charge is -2.13. The maximum absolute atomic E-state index is 11.8. The molecular formula is C14H15NO6. The van der Waals surface area contributed by atoms with E-state index in [1.165, 1.54) is 39.3 Å². The van der Waals surface area contributed by atoms with E-state index in [4.69, 9.17) is 14.6 Å². The third kappa shape index (κ3) is 4.41. The van der Waals surface area contributed by atoms with E-state index in [1.807, 2.05) is 0 Å². The second kappa shape index (κ2) is 7.18. The van der Waals surface area contributed by atoms with Crippen LogP contribution in [-0.2, 0) is 9.59 Å². The zero-order valence-electron chi connectivity index (χ0n) is 11.9. The first-order valence-corrected chi connectivity index (χ1v) is 5.98.